The Balaban J connectivity index is 2.00. The fraction of sp³-hybridized carbons (Fsp3) is 0.143. The molecule has 174 valence electrons. The fourth-order valence-electron chi connectivity index (χ4n) is 3.44. The summed E-state index contributed by atoms with van der Waals surface area (Å²) in [5.41, 5.74) is -0.484. The molecule has 13 heteroatoms. The molecule has 0 bridgehead atoms. The molecule has 0 aliphatic carbocycles. The molecule has 0 atom stereocenters. The minimum atomic E-state index is -4.88. The second-order valence-corrected chi connectivity index (χ2v) is 8.82. The van der Waals surface area contributed by atoms with Gasteiger partial charge in [0.05, 0.1) is 34.8 Å². The minimum absolute atomic E-state index is 0.0133. The maximum absolute atomic E-state index is 13.9. The second-order valence-electron chi connectivity index (χ2n) is 7.00. The monoisotopic (exact) mass is 487 g/mol. The molecule has 0 aliphatic heterocycles. The van der Waals surface area contributed by atoms with Gasteiger partial charge < -0.3 is 10.7 Å². The van der Waals surface area contributed by atoms with Gasteiger partial charge in [0.25, 0.3) is 10.0 Å². The van der Waals surface area contributed by atoms with E-state index >= 15 is 0 Å². The van der Waals surface area contributed by atoms with E-state index in [4.69, 9.17) is 10.7 Å². The number of fused-ring (bicyclic) bond motifs is 3. The highest BCUT2D eigenvalue weighted by atomic mass is 32.2. The predicted octanol–water partition coefficient (Wildman–Crippen LogP) is 3.59. The van der Waals surface area contributed by atoms with Crippen LogP contribution in [0.3, 0.4) is 0 Å². The lowest BCUT2D eigenvalue weighted by atomic mass is 10.3. The first kappa shape index (κ1) is 23.0. The van der Waals surface area contributed by atoms with Crippen molar-refractivity contribution >= 4 is 44.0 Å². The largest absolute Gasteiger partial charge is 0.450 e. The highest BCUT2D eigenvalue weighted by Gasteiger charge is 2.39. The van der Waals surface area contributed by atoms with Crippen molar-refractivity contribution in [3.8, 4) is 6.07 Å². The van der Waals surface area contributed by atoms with E-state index in [0.717, 1.165) is 14.7 Å². The summed E-state index contributed by atoms with van der Waals surface area (Å²) in [6, 6.07) is 10.8. The number of aromatic nitrogens is 4. The minimum Gasteiger partial charge on any atom is -0.388 e. The van der Waals surface area contributed by atoms with E-state index < -0.39 is 22.0 Å². The standard InChI is InChI=1S/C21H16F3N7O2S/c22-21(23,24)20-29-17-13-28-19-16(18(17)31(20)14(11-26)12-27-9-4-8-25)7-10-30(19)34(32,33)15-5-2-1-3-6-15/h1-3,5-7,10-13,26-27H,4,9H2/b14-12+,26-11?. The lowest BCUT2D eigenvalue weighted by Crippen LogP contribution is -2.17. The number of rotatable bonds is 7. The van der Waals surface area contributed by atoms with Crippen molar-refractivity contribution in [1.82, 2.24) is 23.8 Å². The van der Waals surface area contributed by atoms with E-state index in [1.165, 1.54) is 30.6 Å². The number of nitrogens with one attached hydrogen (secondary N) is 2. The van der Waals surface area contributed by atoms with Crippen LogP contribution in [0.5, 0.6) is 0 Å². The van der Waals surface area contributed by atoms with Crippen molar-refractivity contribution in [2.45, 2.75) is 17.5 Å². The van der Waals surface area contributed by atoms with Gasteiger partial charge in [0.1, 0.15) is 5.52 Å². The van der Waals surface area contributed by atoms with Crippen molar-refractivity contribution in [2.75, 3.05) is 6.54 Å². The van der Waals surface area contributed by atoms with Crippen LogP contribution in [-0.4, -0.2) is 39.7 Å². The zero-order valence-corrected chi connectivity index (χ0v) is 18.1. The molecule has 34 heavy (non-hydrogen) atoms. The van der Waals surface area contributed by atoms with E-state index in [0.29, 0.717) is 6.21 Å². The number of imidazole rings is 1. The molecule has 0 fully saturated rings. The number of alkyl halides is 3. The van der Waals surface area contributed by atoms with Gasteiger partial charge in [-0.2, -0.15) is 18.4 Å². The molecule has 0 saturated heterocycles. The Morgan fingerprint density at radius 3 is 2.62 bits per heavy atom. The summed E-state index contributed by atoms with van der Waals surface area (Å²) in [6.07, 6.45) is -0.621. The van der Waals surface area contributed by atoms with Gasteiger partial charge in [0.2, 0.25) is 5.82 Å². The third-order valence-electron chi connectivity index (χ3n) is 4.89. The lowest BCUT2D eigenvalue weighted by molar-refractivity contribution is -0.145. The predicted molar refractivity (Wildman–Crippen MR) is 118 cm³/mol. The van der Waals surface area contributed by atoms with Crippen LogP contribution in [0.4, 0.5) is 13.2 Å². The number of pyridine rings is 1. The number of halogens is 3. The second kappa shape index (κ2) is 8.64. The Hall–Kier alpha value is -4.18. The summed E-state index contributed by atoms with van der Waals surface area (Å²) in [5.74, 6) is -1.30. The molecule has 1 aromatic carbocycles. The van der Waals surface area contributed by atoms with E-state index in [2.05, 4.69) is 15.3 Å². The van der Waals surface area contributed by atoms with Gasteiger partial charge in [-0.1, -0.05) is 18.2 Å². The summed E-state index contributed by atoms with van der Waals surface area (Å²) >= 11 is 0. The summed E-state index contributed by atoms with van der Waals surface area (Å²) < 4.78 is 69.5. The number of allylic oxidation sites excluding steroid dienone is 1. The zero-order valence-electron chi connectivity index (χ0n) is 17.3. The highest BCUT2D eigenvalue weighted by molar-refractivity contribution is 7.90. The molecule has 9 nitrogen and oxygen atoms in total. The average Bonchev–Trinajstić information content (AvgIpc) is 3.42. The van der Waals surface area contributed by atoms with Crippen LogP contribution in [0.2, 0.25) is 0 Å². The number of nitriles is 1. The molecule has 0 spiro atoms. The van der Waals surface area contributed by atoms with E-state index in [-0.39, 0.29) is 45.6 Å². The summed E-state index contributed by atoms with van der Waals surface area (Å²) in [4.78, 5) is 7.74. The Bertz CT molecular complexity index is 1560. The number of hydrogen-bond acceptors (Lipinski definition) is 7. The Labute approximate surface area is 191 Å². The van der Waals surface area contributed by atoms with Gasteiger partial charge in [-0.15, -0.1) is 0 Å². The molecule has 3 aromatic heterocycles. The van der Waals surface area contributed by atoms with Crippen molar-refractivity contribution in [2.24, 2.45) is 0 Å². The fourth-order valence-corrected chi connectivity index (χ4v) is 4.77. The summed E-state index contributed by atoms with van der Waals surface area (Å²) in [5, 5.41) is 19.1. The molecule has 4 aromatic rings. The van der Waals surface area contributed by atoms with Gasteiger partial charge in [0, 0.05) is 30.5 Å². The topological polar surface area (TPSA) is 129 Å². The van der Waals surface area contributed by atoms with Gasteiger partial charge in [-0.05, 0) is 18.2 Å². The van der Waals surface area contributed by atoms with Crippen molar-refractivity contribution in [3.63, 3.8) is 0 Å². The van der Waals surface area contributed by atoms with Crippen LogP contribution in [-0.2, 0) is 16.2 Å². The van der Waals surface area contributed by atoms with Gasteiger partial charge in [0.15, 0.2) is 5.65 Å². The van der Waals surface area contributed by atoms with Gasteiger partial charge in [-0.25, -0.2) is 22.4 Å². The molecule has 4 rings (SSSR count). The molecule has 3 heterocycles. The van der Waals surface area contributed by atoms with E-state index in [1.54, 1.807) is 18.2 Å². The molecule has 0 saturated carbocycles. The smallest absolute Gasteiger partial charge is 0.388 e. The Morgan fingerprint density at radius 1 is 1.24 bits per heavy atom. The molecule has 0 radical (unpaired) electrons. The normalized spacial score (nSPS) is 12.7. The maximum Gasteiger partial charge on any atom is 0.450 e. The molecule has 2 N–H and O–H groups in total. The molecule has 0 aliphatic rings. The number of benzene rings is 1. The van der Waals surface area contributed by atoms with Gasteiger partial charge in [-0.3, -0.25) is 4.57 Å². The lowest BCUT2D eigenvalue weighted by Gasteiger charge is -2.13. The van der Waals surface area contributed by atoms with Crippen LogP contribution in [0.1, 0.15) is 12.2 Å². The first-order valence-corrected chi connectivity index (χ1v) is 11.2. The number of nitrogens with zero attached hydrogens (tertiary/aromatic N) is 5. The average molecular weight is 487 g/mol. The maximum atomic E-state index is 13.9. The van der Waals surface area contributed by atoms with Crippen LogP contribution < -0.4 is 5.32 Å². The first-order valence-electron chi connectivity index (χ1n) is 9.78. The van der Waals surface area contributed by atoms with Crippen molar-refractivity contribution < 1.29 is 21.6 Å². The van der Waals surface area contributed by atoms with Crippen LogP contribution in [0.15, 0.2) is 59.9 Å². The van der Waals surface area contributed by atoms with Crippen molar-refractivity contribution in [1.29, 1.82) is 10.7 Å². The first-order chi connectivity index (χ1) is 16.2. The summed E-state index contributed by atoms with van der Waals surface area (Å²) in [6.45, 7) is 0.157. The van der Waals surface area contributed by atoms with Crippen LogP contribution >= 0.6 is 0 Å². The van der Waals surface area contributed by atoms with Crippen LogP contribution in [0, 0.1) is 16.7 Å². The van der Waals surface area contributed by atoms with E-state index in [9.17, 15) is 21.6 Å². The zero-order chi connectivity index (χ0) is 24.5. The summed E-state index contributed by atoms with van der Waals surface area (Å²) in [7, 11) is -4.07. The quantitative estimate of drug-likeness (QED) is 0.303. The molecule has 0 unspecified atom stereocenters. The third kappa shape index (κ3) is 3.88. The van der Waals surface area contributed by atoms with E-state index in [1.807, 2.05) is 6.07 Å². The van der Waals surface area contributed by atoms with Crippen molar-refractivity contribution in [3.05, 3.63) is 60.8 Å². The molecular weight excluding hydrogens is 471 g/mol. The Morgan fingerprint density at radius 2 is 1.97 bits per heavy atom. The number of hydrogen-bond donors (Lipinski definition) is 2. The highest BCUT2D eigenvalue weighted by Crippen LogP contribution is 2.36. The van der Waals surface area contributed by atoms with Crippen LogP contribution in [0.25, 0.3) is 27.8 Å². The molecule has 0 amide bonds. The Kier molecular flexibility index (Phi) is 5.84. The SMILES string of the molecule is N#CCCN/C=C(\C=N)n1c(C(F)(F)F)nc2cnc3c(ccn3S(=O)(=O)c3ccccc3)c21. The third-order valence-corrected chi connectivity index (χ3v) is 6.57. The van der Waals surface area contributed by atoms with Gasteiger partial charge >= 0.3 is 6.18 Å². The molecular formula is C21H16F3N7O2S.